The summed E-state index contributed by atoms with van der Waals surface area (Å²) in [5, 5.41) is -0.0726. The van der Waals surface area contributed by atoms with Gasteiger partial charge in [0.05, 0.1) is 11.4 Å². The fourth-order valence-electron chi connectivity index (χ4n) is 2.05. The minimum atomic E-state index is -0.199. The first-order valence-corrected chi connectivity index (χ1v) is 5.42. The number of amides is 2. The molecule has 0 radical (unpaired) electrons. The molecule has 1 saturated carbocycles. The van der Waals surface area contributed by atoms with Crippen molar-refractivity contribution in [3.63, 3.8) is 0 Å². The molecule has 0 N–H and O–H groups in total. The smallest absolute Gasteiger partial charge is 0.226 e. The van der Waals surface area contributed by atoms with E-state index in [0.717, 1.165) is 25.7 Å². The summed E-state index contributed by atoms with van der Waals surface area (Å²) < 4.78 is 0. The van der Waals surface area contributed by atoms with E-state index in [-0.39, 0.29) is 23.2 Å². The fraction of sp³-hybridized carbons (Fsp3) is 0.800. The molecule has 0 saturated heterocycles. The molecule has 2 amide bonds. The van der Waals surface area contributed by atoms with E-state index in [4.69, 9.17) is 11.6 Å². The molecule has 0 aromatic rings. The Kier molecular flexibility index (Phi) is 3.93. The highest BCUT2D eigenvalue weighted by Crippen LogP contribution is 2.27. The number of halogens is 1. The molecule has 1 rings (SSSR count). The number of alkyl halides is 1. The first kappa shape index (κ1) is 11.5. The third kappa shape index (κ3) is 2.47. The van der Waals surface area contributed by atoms with Crippen molar-refractivity contribution in [3.8, 4) is 0 Å². The van der Waals surface area contributed by atoms with Gasteiger partial charge in [0.2, 0.25) is 11.8 Å². The standard InChI is InChI=1S/C10H16ClNO2/c1-7(13)12(8(2)14)10-6-4-3-5-9(10)11/h9-10H,3-6H2,1-2H3. The highest BCUT2D eigenvalue weighted by molar-refractivity contribution is 6.21. The number of imide groups is 1. The number of carbonyl (C=O) groups is 2. The Morgan fingerprint density at radius 1 is 1.14 bits per heavy atom. The topological polar surface area (TPSA) is 37.4 Å². The van der Waals surface area contributed by atoms with Crippen molar-refractivity contribution in [1.29, 1.82) is 0 Å². The van der Waals surface area contributed by atoms with E-state index < -0.39 is 0 Å². The van der Waals surface area contributed by atoms with Gasteiger partial charge in [0.1, 0.15) is 0 Å². The third-order valence-electron chi connectivity index (χ3n) is 2.66. The van der Waals surface area contributed by atoms with E-state index in [1.165, 1.54) is 18.7 Å². The van der Waals surface area contributed by atoms with E-state index in [9.17, 15) is 9.59 Å². The molecule has 0 heterocycles. The van der Waals surface area contributed by atoms with Crippen LogP contribution in [0.4, 0.5) is 0 Å². The molecule has 0 bridgehead atoms. The number of nitrogens with zero attached hydrogens (tertiary/aromatic N) is 1. The predicted octanol–water partition coefficient (Wildman–Crippen LogP) is 1.93. The van der Waals surface area contributed by atoms with Gasteiger partial charge in [-0.1, -0.05) is 12.8 Å². The maximum absolute atomic E-state index is 11.3. The van der Waals surface area contributed by atoms with Crippen molar-refractivity contribution in [3.05, 3.63) is 0 Å². The van der Waals surface area contributed by atoms with Crippen LogP contribution < -0.4 is 0 Å². The van der Waals surface area contributed by atoms with Crippen LogP contribution in [-0.4, -0.2) is 28.1 Å². The first-order chi connectivity index (χ1) is 6.54. The van der Waals surface area contributed by atoms with Crippen molar-refractivity contribution < 1.29 is 9.59 Å². The Balaban J connectivity index is 2.75. The molecule has 0 aromatic heterocycles. The van der Waals surface area contributed by atoms with Crippen molar-refractivity contribution in [2.45, 2.75) is 50.9 Å². The summed E-state index contributed by atoms with van der Waals surface area (Å²) in [6.07, 6.45) is 3.87. The van der Waals surface area contributed by atoms with E-state index in [2.05, 4.69) is 0 Å². The molecule has 0 aromatic carbocycles. The van der Waals surface area contributed by atoms with Gasteiger partial charge in [-0.2, -0.15) is 0 Å². The summed E-state index contributed by atoms with van der Waals surface area (Å²) in [6.45, 7) is 2.83. The maximum Gasteiger partial charge on any atom is 0.226 e. The monoisotopic (exact) mass is 217 g/mol. The minimum absolute atomic E-state index is 0.0726. The van der Waals surface area contributed by atoms with Crippen molar-refractivity contribution >= 4 is 23.4 Å². The number of rotatable bonds is 1. The van der Waals surface area contributed by atoms with Gasteiger partial charge in [0.15, 0.2) is 0 Å². The van der Waals surface area contributed by atoms with Crippen LogP contribution in [0.25, 0.3) is 0 Å². The van der Waals surface area contributed by atoms with Crippen molar-refractivity contribution in [1.82, 2.24) is 4.90 Å². The Morgan fingerprint density at radius 3 is 2.07 bits per heavy atom. The predicted molar refractivity (Wildman–Crippen MR) is 55.1 cm³/mol. The summed E-state index contributed by atoms with van der Waals surface area (Å²) in [5.74, 6) is -0.398. The average Bonchev–Trinajstić information content (AvgIpc) is 2.07. The molecule has 2 atom stereocenters. The zero-order chi connectivity index (χ0) is 10.7. The molecule has 14 heavy (non-hydrogen) atoms. The zero-order valence-electron chi connectivity index (χ0n) is 8.62. The number of hydrogen-bond acceptors (Lipinski definition) is 2. The van der Waals surface area contributed by atoms with Crippen LogP contribution >= 0.6 is 11.6 Å². The average molecular weight is 218 g/mol. The molecule has 3 nitrogen and oxygen atoms in total. The SMILES string of the molecule is CC(=O)N(C(C)=O)C1CCCCC1Cl. The Morgan fingerprint density at radius 2 is 1.64 bits per heavy atom. The zero-order valence-corrected chi connectivity index (χ0v) is 9.38. The first-order valence-electron chi connectivity index (χ1n) is 4.98. The lowest BCUT2D eigenvalue weighted by Gasteiger charge is -2.34. The van der Waals surface area contributed by atoms with Crippen LogP contribution in [0, 0.1) is 0 Å². The van der Waals surface area contributed by atoms with E-state index >= 15 is 0 Å². The summed E-state index contributed by atoms with van der Waals surface area (Å²) in [4.78, 5) is 23.9. The summed E-state index contributed by atoms with van der Waals surface area (Å²) in [7, 11) is 0. The van der Waals surface area contributed by atoms with Crippen LogP contribution in [0.15, 0.2) is 0 Å². The molecule has 2 unspecified atom stereocenters. The Labute approximate surface area is 89.4 Å². The van der Waals surface area contributed by atoms with E-state index in [0.29, 0.717) is 0 Å². The molecule has 0 spiro atoms. The van der Waals surface area contributed by atoms with Crippen LogP contribution in [0.2, 0.25) is 0 Å². The summed E-state index contributed by atoms with van der Waals surface area (Å²) in [5.41, 5.74) is 0. The maximum atomic E-state index is 11.3. The molecule has 0 aliphatic heterocycles. The van der Waals surface area contributed by atoms with Crippen molar-refractivity contribution in [2.24, 2.45) is 0 Å². The van der Waals surface area contributed by atoms with Gasteiger partial charge in [-0.05, 0) is 12.8 Å². The van der Waals surface area contributed by atoms with Gasteiger partial charge < -0.3 is 0 Å². The van der Waals surface area contributed by atoms with E-state index in [1.807, 2.05) is 0 Å². The second kappa shape index (κ2) is 4.78. The molecular formula is C10H16ClNO2. The van der Waals surface area contributed by atoms with E-state index in [1.54, 1.807) is 0 Å². The van der Waals surface area contributed by atoms with Crippen molar-refractivity contribution in [2.75, 3.05) is 0 Å². The summed E-state index contributed by atoms with van der Waals surface area (Å²) >= 11 is 6.12. The second-order valence-corrected chi connectivity index (χ2v) is 4.34. The van der Waals surface area contributed by atoms with Crippen LogP contribution in [-0.2, 0) is 9.59 Å². The van der Waals surface area contributed by atoms with Gasteiger partial charge in [-0.15, -0.1) is 11.6 Å². The lowest BCUT2D eigenvalue weighted by molar-refractivity contribution is -0.145. The minimum Gasteiger partial charge on any atom is -0.279 e. The van der Waals surface area contributed by atoms with Gasteiger partial charge in [0.25, 0.3) is 0 Å². The Hall–Kier alpha value is -0.570. The second-order valence-electron chi connectivity index (χ2n) is 3.78. The third-order valence-corrected chi connectivity index (χ3v) is 3.17. The quantitative estimate of drug-likeness (QED) is 0.630. The lowest BCUT2D eigenvalue weighted by atomic mass is 9.93. The summed E-state index contributed by atoms with van der Waals surface area (Å²) in [6, 6.07) is -0.0968. The van der Waals surface area contributed by atoms with Gasteiger partial charge in [0, 0.05) is 13.8 Å². The molecule has 1 aliphatic rings. The van der Waals surface area contributed by atoms with Gasteiger partial charge in [-0.25, -0.2) is 0 Å². The van der Waals surface area contributed by atoms with Crippen LogP contribution in [0.1, 0.15) is 39.5 Å². The molecule has 4 heteroatoms. The van der Waals surface area contributed by atoms with Gasteiger partial charge in [-0.3, -0.25) is 14.5 Å². The highest BCUT2D eigenvalue weighted by atomic mass is 35.5. The number of hydrogen-bond donors (Lipinski definition) is 0. The van der Waals surface area contributed by atoms with Crippen LogP contribution in [0.5, 0.6) is 0 Å². The lowest BCUT2D eigenvalue weighted by Crippen LogP contribution is -2.48. The largest absolute Gasteiger partial charge is 0.279 e. The molecule has 1 aliphatic carbocycles. The molecule has 1 fully saturated rings. The number of carbonyl (C=O) groups excluding carboxylic acids is 2. The Bertz CT molecular complexity index is 228. The highest BCUT2D eigenvalue weighted by Gasteiger charge is 2.32. The van der Waals surface area contributed by atoms with Crippen LogP contribution in [0.3, 0.4) is 0 Å². The molecule has 80 valence electrons. The van der Waals surface area contributed by atoms with Gasteiger partial charge >= 0.3 is 0 Å². The molecular weight excluding hydrogens is 202 g/mol. The fourth-order valence-corrected chi connectivity index (χ4v) is 2.44. The normalized spacial score (nSPS) is 27.1.